The SMILES string of the molecule is CO[C@H]1CNC[C@@H]1NC(=O)CCOc1ccccc1. The number of carbonyl (C=O) groups excluding carboxylic acids is 1. The van der Waals surface area contributed by atoms with Crippen LogP contribution in [0.2, 0.25) is 0 Å². The summed E-state index contributed by atoms with van der Waals surface area (Å²) >= 11 is 0. The average molecular weight is 264 g/mol. The van der Waals surface area contributed by atoms with Crippen LogP contribution in [-0.4, -0.2) is 44.9 Å². The zero-order chi connectivity index (χ0) is 13.5. The van der Waals surface area contributed by atoms with Gasteiger partial charge in [-0.1, -0.05) is 18.2 Å². The van der Waals surface area contributed by atoms with Crippen molar-refractivity contribution in [3.63, 3.8) is 0 Å². The van der Waals surface area contributed by atoms with E-state index < -0.39 is 0 Å². The molecule has 2 rings (SSSR count). The Balaban J connectivity index is 1.67. The highest BCUT2D eigenvalue weighted by molar-refractivity contribution is 5.76. The third-order valence-electron chi connectivity index (χ3n) is 3.15. The monoisotopic (exact) mass is 264 g/mol. The topological polar surface area (TPSA) is 59.6 Å². The molecule has 0 radical (unpaired) electrons. The molecule has 0 unspecified atom stereocenters. The van der Waals surface area contributed by atoms with Crippen molar-refractivity contribution < 1.29 is 14.3 Å². The van der Waals surface area contributed by atoms with E-state index in [2.05, 4.69) is 10.6 Å². The van der Waals surface area contributed by atoms with Crippen LogP contribution in [0.25, 0.3) is 0 Å². The minimum Gasteiger partial charge on any atom is -0.493 e. The first-order valence-electron chi connectivity index (χ1n) is 6.50. The van der Waals surface area contributed by atoms with Crippen molar-refractivity contribution in [2.45, 2.75) is 18.6 Å². The average Bonchev–Trinajstić information content (AvgIpc) is 2.87. The molecular formula is C14H20N2O3. The Hall–Kier alpha value is -1.59. The zero-order valence-electron chi connectivity index (χ0n) is 11.1. The molecule has 1 heterocycles. The number of amides is 1. The minimum absolute atomic E-state index is 0.00770. The number of methoxy groups -OCH3 is 1. The number of carbonyl (C=O) groups is 1. The molecule has 0 aliphatic carbocycles. The Kier molecular flexibility index (Phi) is 5.18. The molecule has 1 aliphatic heterocycles. The standard InChI is InChI=1S/C14H20N2O3/c1-18-13-10-15-9-12(13)16-14(17)7-8-19-11-5-3-2-4-6-11/h2-6,12-13,15H,7-10H2,1H3,(H,16,17)/t12-,13-/m0/s1. The minimum atomic E-state index is -0.00770. The van der Waals surface area contributed by atoms with Gasteiger partial charge in [0.1, 0.15) is 5.75 Å². The molecule has 2 N–H and O–H groups in total. The van der Waals surface area contributed by atoms with Crippen LogP contribution in [-0.2, 0) is 9.53 Å². The van der Waals surface area contributed by atoms with Gasteiger partial charge in [-0.05, 0) is 12.1 Å². The second-order valence-electron chi connectivity index (χ2n) is 4.52. The van der Waals surface area contributed by atoms with E-state index in [0.29, 0.717) is 13.0 Å². The third-order valence-corrected chi connectivity index (χ3v) is 3.15. The van der Waals surface area contributed by atoms with Gasteiger partial charge in [-0.25, -0.2) is 0 Å². The van der Waals surface area contributed by atoms with Crippen LogP contribution < -0.4 is 15.4 Å². The summed E-state index contributed by atoms with van der Waals surface area (Å²) in [5, 5.41) is 6.15. The molecule has 1 aromatic rings. The summed E-state index contributed by atoms with van der Waals surface area (Å²) in [7, 11) is 1.66. The Morgan fingerprint density at radius 1 is 1.37 bits per heavy atom. The van der Waals surface area contributed by atoms with Gasteiger partial charge in [-0.15, -0.1) is 0 Å². The van der Waals surface area contributed by atoms with Gasteiger partial charge in [-0.3, -0.25) is 4.79 Å². The van der Waals surface area contributed by atoms with Crippen LogP contribution in [0, 0.1) is 0 Å². The van der Waals surface area contributed by atoms with Gasteiger partial charge < -0.3 is 20.1 Å². The number of para-hydroxylation sites is 1. The zero-order valence-corrected chi connectivity index (χ0v) is 11.1. The molecule has 0 spiro atoms. The highest BCUT2D eigenvalue weighted by Gasteiger charge is 2.27. The maximum atomic E-state index is 11.8. The van der Waals surface area contributed by atoms with Crippen LogP contribution in [0.15, 0.2) is 30.3 Å². The summed E-state index contributed by atoms with van der Waals surface area (Å²) in [6.45, 7) is 1.92. The predicted molar refractivity (Wildman–Crippen MR) is 72.2 cm³/mol. The molecule has 0 bridgehead atoms. The van der Waals surface area contributed by atoms with Gasteiger partial charge in [0.2, 0.25) is 5.91 Å². The summed E-state index contributed by atoms with van der Waals surface area (Å²) in [6, 6.07) is 9.54. The molecule has 104 valence electrons. The number of rotatable bonds is 6. The van der Waals surface area contributed by atoms with Crippen LogP contribution >= 0.6 is 0 Å². The fourth-order valence-corrected chi connectivity index (χ4v) is 2.10. The molecule has 5 nitrogen and oxygen atoms in total. The molecule has 1 aromatic carbocycles. The number of hydrogen-bond acceptors (Lipinski definition) is 4. The van der Waals surface area contributed by atoms with Crippen molar-refractivity contribution in [3.05, 3.63) is 30.3 Å². The maximum absolute atomic E-state index is 11.8. The lowest BCUT2D eigenvalue weighted by molar-refractivity contribution is -0.122. The normalized spacial score (nSPS) is 22.2. The van der Waals surface area contributed by atoms with Gasteiger partial charge in [0, 0.05) is 20.2 Å². The molecule has 1 amide bonds. The first-order valence-corrected chi connectivity index (χ1v) is 6.50. The number of hydrogen-bond donors (Lipinski definition) is 2. The van der Waals surface area contributed by atoms with Gasteiger partial charge in [0.15, 0.2) is 0 Å². The molecule has 19 heavy (non-hydrogen) atoms. The van der Waals surface area contributed by atoms with Crippen molar-refractivity contribution in [3.8, 4) is 5.75 Å². The summed E-state index contributed by atoms with van der Waals surface area (Å²) < 4.78 is 10.8. The smallest absolute Gasteiger partial charge is 0.223 e. The lowest BCUT2D eigenvalue weighted by Gasteiger charge is -2.18. The summed E-state index contributed by atoms with van der Waals surface area (Å²) in [5.41, 5.74) is 0. The van der Waals surface area contributed by atoms with E-state index in [4.69, 9.17) is 9.47 Å². The Morgan fingerprint density at radius 2 is 2.16 bits per heavy atom. The molecular weight excluding hydrogens is 244 g/mol. The molecule has 1 saturated heterocycles. The van der Waals surface area contributed by atoms with E-state index >= 15 is 0 Å². The Labute approximate surface area is 113 Å². The lowest BCUT2D eigenvalue weighted by atomic mass is 10.2. The number of ether oxygens (including phenoxy) is 2. The van der Waals surface area contributed by atoms with E-state index in [1.165, 1.54) is 0 Å². The Morgan fingerprint density at radius 3 is 2.89 bits per heavy atom. The Bertz CT molecular complexity index is 397. The van der Waals surface area contributed by atoms with E-state index in [9.17, 15) is 4.79 Å². The summed E-state index contributed by atoms with van der Waals surface area (Å²) in [4.78, 5) is 11.8. The van der Waals surface area contributed by atoms with Crippen LogP contribution in [0.4, 0.5) is 0 Å². The highest BCUT2D eigenvalue weighted by Crippen LogP contribution is 2.08. The van der Waals surface area contributed by atoms with Gasteiger partial charge in [0.25, 0.3) is 0 Å². The second-order valence-corrected chi connectivity index (χ2v) is 4.52. The van der Waals surface area contributed by atoms with Gasteiger partial charge >= 0.3 is 0 Å². The fraction of sp³-hybridized carbons (Fsp3) is 0.500. The molecule has 0 saturated carbocycles. The van der Waals surface area contributed by atoms with Crippen molar-refractivity contribution in [2.75, 3.05) is 26.8 Å². The second kappa shape index (κ2) is 7.11. The van der Waals surface area contributed by atoms with Crippen molar-refractivity contribution in [1.29, 1.82) is 0 Å². The van der Waals surface area contributed by atoms with Crippen molar-refractivity contribution in [1.82, 2.24) is 10.6 Å². The third kappa shape index (κ3) is 4.22. The van der Waals surface area contributed by atoms with Crippen LogP contribution in [0.3, 0.4) is 0 Å². The van der Waals surface area contributed by atoms with E-state index in [1.54, 1.807) is 7.11 Å². The fourth-order valence-electron chi connectivity index (χ4n) is 2.10. The largest absolute Gasteiger partial charge is 0.493 e. The summed E-state index contributed by atoms with van der Waals surface area (Å²) in [6.07, 6.45) is 0.404. The maximum Gasteiger partial charge on any atom is 0.223 e. The first-order chi connectivity index (χ1) is 9.29. The molecule has 5 heteroatoms. The lowest BCUT2D eigenvalue weighted by Crippen LogP contribution is -2.43. The molecule has 1 aliphatic rings. The number of benzene rings is 1. The van der Waals surface area contributed by atoms with Gasteiger partial charge in [0.05, 0.1) is 25.2 Å². The molecule has 0 aromatic heterocycles. The first kappa shape index (κ1) is 13.8. The van der Waals surface area contributed by atoms with E-state index in [1.807, 2.05) is 30.3 Å². The highest BCUT2D eigenvalue weighted by atomic mass is 16.5. The van der Waals surface area contributed by atoms with Crippen LogP contribution in [0.1, 0.15) is 6.42 Å². The van der Waals surface area contributed by atoms with E-state index in [-0.39, 0.29) is 18.1 Å². The van der Waals surface area contributed by atoms with Crippen molar-refractivity contribution in [2.24, 2.45) is 0 Å². The quantitative estimate of drug-likeness (QED) is 0.788. The van der Waals surface area contributed by atoms with Gasteiger partial charge in [-0.2, -0.15) is 0 Å². The van der Waals surface area contributed by atoms with Crippen LogP contribution in [0.5, 0.6) is 5.75 Å². The molecule has 1 fully saturated rings. The predicted octanol–water partition coefficient (Wildman–Crippen LogP) is 0.559. The molecule has 2 atom stereocenters. The van der Waals surface area contributed by atoms with E-state index in [0.717, 1.165) is 18.8 Å². The van der Waals surface area contributed by atoms with Crippen molar-refractivity contribution >= 4 is 5.91 Å². The number of nitrogens with one attached hydrogen (secondary N) is 2. The summed E-state index contributed by atoms with van der Waals surface area (Å²) in [5.74, 6) is 0.777.